The summed E-state index contributed by atoms with van der Waals surface area (Å²) in [6.45, 7) is 4.55. The van der Waals surface area contributed by atoms with Gasteiger partial charge in [0, 0.05) is 38.8 Å². The van der Waals surface area contributed by atoms with Crippen molar-refractivity contribution in [1.82, 2.24) is 4.31 Å². The van der Waals surface area contributed by atoms with Crippen LogP contribution in [0.15, 0.2) is 47.4 Å². The minimum absolute atomic E-state index is 0.188. The number of amides is 1. The third-order valence-electron chi connectivity index (χ3n) is 4.58. The molecule has 1 aliphatic rings. The van der Waals surface area contributed by atoms with Crippen LogP contribution in [0.25, 0.3) is 0 Å². The number of nitrogens with one attached hydrogen (secondary N) is 1. The van der Waals surface area contributed by atoms with E-state index in [4.69, 9.17) is 0 Å². The first kappa shape index (κ1) is 19.3. The van der Waals surface area contributed by atoms with Crippen LogP contribution in [0.2, 0.25) is 0 Å². The smallest absolute Gasteiger partial charge is 0.243 e. The Kier molecular flexibility index (Phi) is 5.48. The monoisotopic (exact) mass is 391 g/mol. The molecule has 1 amide bonds. The summed E-state index contributed by atoms with van der Waals surface area (Å²) in [6.07, 6.45) is 0. The molecule has 1 fully saturated rings. The number of hydrogen-bond donors (Lipinski definition) is 1. The number of sulfonamides is 1. The highest BCUT2D eigenvalue weighted by Crippen LogP contribution is 2.25. The van der Waals surface area contributed by atoms with Gasteiger partial charge < -0.3 is 10.2 Å². The predicted molar refractivity (Wildman–Crippen MR) is 103 cm³/mol. The van der Waals surface area contributed by atoms with E-state index in [1.807, 2.05) is 4.90 Å². The van der Waals surface area contributed by atoms with Crippen molar-refractivity contribution in [2.75, 3.05) is 36.4 Å². The first-order valence-corrected chi connectivity index (χ1v) is 10.1. The van der Waals surface area contributed by atoms with E-state index in [-0.39, 0.29) is 29.7 Å². The maximum Gasteiger partial charge on any atom is 0.243 e. The Bertz CT molecular complexity index is 954. The molecule has 0 saturated carbocycles. The average Bonchev–Trinajstić information content (AvgIpc) is 2.63. The molecule has 1 N–H and O–H groups in total. The Labute approximate surface area is 158 Å². The summed E-state index contributed by atoms with van der Waals surface area (Å²) in [5, 5.41) is 2.67. The van der Waals surface area contributed by atoms with Crippen LogP contribution in [-0.4, -0.2) is 44.8 Å². The third-order valence-corrected chi connectivity index (χ3v) is 6.47. The molecule has 1 heterocycles. The van der Waals surface area contributed by atoms with E-state index in [2.05, 4.69) is 5.32 Å². The highest BCUT2D eigenvalue weighted by Gasteiger charge is 2.29. The number of carbonyl (C=O) groups is 1. The standard InChI is InChI=1S/C19H22FN3O3S/c1-14-13-16(7-8-18(14)21-15(2)24)27(25,26)23-11-9-22(10-12-23)19-6-4-3-5-17(19)20/h3-8,13H,9-12H2,1-2H3,(H,21,24). The fourth-order valence-electron chi connectivity index (χ4n) is 3.15. The number of rotatable bonds is 4. The number of halogens is 1. The molecule has 1 aliphatic heterocycles. The van der Waals surface area contributed by atoms with Crippen molar-refractivity contribution in [2.45, 2.75) is 18.7 Å². The Hall–Kier alpha value is -2.45. The minimum Gasteiger partial charge on any atom is -0.367 e. The molecule has 1 saturated heterocycles. The summed E-state index contributed by atoms with van der Waals surface area (Å²) in [5.74, 6) is -0.518. The zero-order valence-corrected chi connectivity index (χ0v) is 16.1. The van der Waals surface area contributed by atoms with Gasteiger partial charge in [-0.3, -0.25) is 4.79 Å². The lowest BCUT2D eigenvalue weighted by Crippen LogP contribution is -2.48. The summed E-state index contributed by atoms with van der Waals surface area (Å²) in [6, 6.07) is 11.1. The molecular weight excluding hydrogens is 369 g/mol. The number of anilines is 2. The topological polar surface area (TPSA) is 69.7 Å². The van der Waals surface area contributed by atoms with Crippen LogP contribution in [0, 0.1) is 12.7 Å². The maximum absolute atomic E-state index is 13.9. The van der Waals surface area contributed by atoms with Crippen LogP contribution in [0.3, 0.4) is 0 Å². The SMILES string of the molecule is CC(=O)Nc1ccc(S(=O)(=O)N2CCN(c3ccccc3F)CC2)cc1C. The van der Waals surface area contributed by atoms with Crippen molar-refractivity contribution in [3.05, 3.63) is 53.8 Å². The quantitative estimate of drug-likeness (QED) is 0.870. The van der Waals surface area contributed by atoms with Gasteiger partial charge in [-0.15, -0.1) is 0 Å². The van der Waals surface area contributed by atoms with Crippen LogP contribution in [0.1, 0.15) is 12.5 Å². The van der Waals surface area contributed by atoms with Crippen LogP contribution in [0.5, 0.6) is 0 Å². The Morgan fingerprint density at radius 3 is 2.33 bits per heavy atom. The molecule has 3 rings (SSSR count). The molecule has 27 heavy (non-hydrogen) atoms. The molecule has 0 bridgehead atoms. The van der Waals surface area contributed by atoms with Crippen molar-refractivity contribution >= 4 is 27.3 Å². The minimum atomic E-state index is -3.65. The predicted octanol–water partition coefficient (Wildman–Crippen LogP) is 2.60. The summed E-state index contributed by atoms with van der Waals surface area (Å²) >= 11 is 0. The second-order valence-electron chi connectivity index (χ2n) is 6.50. The number of benzene rings is 2. The van der Waals surface area contributed by atoms with Crippen molar-refractivity contribution in [2.24, 2.45) is 0 Å². The highest BCUT2D eigenvalue weighted by molar-refractivity contribution is 7.89. The lowest BCUT2D eigenvalue weighted by Gasteiger charge is -2.35. The number of aryl methyl sites for hydroxylation is 1. The summed E-state index contributed by atoms with van der Waals surface area (Å²) in [5.41, 5.74) is 1.76. The first-order valence-electron chi connectivity index (χ1n) is 8.67. The van der Waals surface area contributed by atoms with Crippen LogP contribution in [0.4, 0.5) is 15.8 Å². The summed E-state index contributed by atoms with van der Waals surface area (Å²) in [4.78, 5) is 13.2. The van der Waals surface area contributed by atoms with Crippen LogP contribution >= 0.6 is 0 Å². The van der Waals surface area contributed by atoms with E-state index in [1.165, 1.54) is 23.4 Å². The lowest BCUT2D eigenvalue weighted by atomic mass is 10.2. The zero-order valence-electron chi connectivity index (χ0n) is 15.3. The third kappa shape index (κ3) is 4.12. The fourth-order valence-corrected chi connectivity index (χ4v) is 4.66. The van der Waals surface area contributed by atoms with E-state index >= 15 is 0 Å². The molecule has 0 aliphatic carbocycles. The van der Waals surface area contributed by atoms with Crippen LogP contribution < -0.4 is 10.2 Å². The lowest BCUT2D eigenvalue weighted by molar-refractivity contribution is -0.114. The normalized spacial score (nSPS) is 15.6. The number of para-hydroxylation sites is 1. The number of nitrogens with zero attached hydrogens (tertiary/aromatic N) is 2. The van der Waals surface area contributed by atoms with Gasteiger partial charge in [-0.05, 0) is 42.8 Å². The number of piperazine rings is 1. The van der Waals surface area contributed by atoms with Crippen molar-refractivity contribution < 1.29 is 17.6 Å². The van der Waals surface area contributed by atoms with E-state index in [0.717, 1.165) is 0 Å². The highest BCUT2D eigenvalue weighted by atomic mass is 32.2. The summed E-state index contributed by atoms with van der Waals surface area (Å²) < 4.78 is 41.2. The molecule has 144 valence electrons. The Balaban J connectivity index is 1.74. The van der Waals surface area contributed by atoms with Gasteiger partial charge in [0.05, 0.1) is 10.6 Å². The second kappa shape index (κ2) is 7.66. The molecule has 2 aromatic rings. The molecule has 6 nitrogen and oxygen atoms in total. The Morgan fingerprint density at radius 2 is 1.74 bits per heavy atom. The van der Waals surface area contributed by atoms with Gasteiger partial charge in [-0.2, -0.15) is 4.31 Å². The molecule has 0 spiro atoms. The molecule has 8 heteroatoms. The first-order chi connectivity index (χ1) is 12.8. The maximum atomic E-state index is 13.9. The number of carbonyl (C=O) groups excluding carboxylic acids is 1. The Morgan fingerprint density at radius 1 is 1.07 bits per heavy atom. The van der Waals surface area contributed by atoms with E-state index in [1.54, 1.807) is 37.3 Å². The van der Waals surface area contributed by atoms with Gasteiger partial charge >= 0.3 is 0 Å². The molecule has 0 radical (unpaired) electrons. The fraction of sp³-hybridized carbons (Fsp3) is 0.316. The van der Waals surface area contributed by atoms with E-state index in [9.17, 15) is 17.6 Å². The molecular formula is C19H22FN3O3S. The van der Waals surface area contributed by atoms with Gasteiger partial charge in [0.25, 0.3) is 0 Å². The molecule has 0 atom stereocenters. The van der Waals surface area contributed by atoms with Crippen molar-refractivity contribution in [1.29, 1.82) is 0 Å². The largest absolute Gasteiger partial charge is 0.367 e. The van der Waals surface area contributed by atoms with E-state index < -0.39 is 10.0 Å². The van der Waals surface area contributed by atoms with Gasteiger partial charge in [0.15, 0.2) is 0 Å². The van der Waals surface area contributed by atoms with Gasteiger partial charge in [0.1, 0.15) is 5.82 Å². The molecule has 2 aromatic carbocycles. The van der Waals surface area contributed by atoms with Gasteiger partial charge in [-0.1, -0.05) is 12.1 Å². The van der Waals surface area contributed by atoms with E-state index in [0.29, 0.717) is 30.0 Å². The average molecular weight is 391 g/mol. The molecule has 0 unspecified atom stereocenters. The molecule has 0 aromatic heterocycles. The second-order valence-corrected chi connectivity index (χ2v) is 8.44. The van der Waals surface area contributed by atoms with Crippen molar-refractivity contribution in [3.63, 3.8) is 0 Å². The zero-order chi connectivity index (χ0) is 19.6. The van der Waals surface area contributed by atoms with Crippen LogP contribution in [-0.2, 0) is 14.8 Å². The summed E-state index contributed by atoms with van der Waals surface area (Å²) in [7, 11) is -3.65. The van der Waals surface area contributed by atoms with Gasteiger partial charge in [0.2, 0.25) is 15.9 Å². The van der Waals surface area contributed by atoms with Crippen molar-refractivity contribution in [3.8, 4) is 0 Å². The van der Waals surface area contributed by atoms with Gasteiger partial charge in [-0.25, -0.2) is 12.8 Å². The number of hydrogen-bond acceptors (Lipinski definition) is 4.